The lowest BCUT2D eigenvalue weighted by Crippen LogP contribution is -2.35. The summed E-state index contributed by atoms with van der Waals surface area (Å²) in [6.45, 7) is 1.94. The molecule has 1 aromatic carbocycles. The molecule has 0 aromatic heterocycles. The predicted octanol–water partition coefficient (Wildman–Crippen LogP) is 1.10. The molecule has 5 nitrogen and oxygen atoms in total. The van der Waals surface area contributed by atoms with Crippen LogP contribution >= 0.6 is 0 Å². The van der Waals surface area contributed by atoms with Crippen LogP contribution in [0.1, 0.15) is 12.8 Å². The molecule has 2 rings (SSSR count). The molecule has 19 heavy (non-hydrogen) atoms. The number of anilines is 1. The van der Waals surface area contributed by atoms with Crippen LogP contribution in [0.25, 0.3) is 0 Å². The second-order valence-corrected chi connectivity index (χ2v) is 7.07. The highest BCUT2D eigenvalue weighted by molar-refractivity contribution is 7.89. The Morgan fingerprint density at radius 1 is 1.21 bits per heavy atom. The third-order valence-corrected chi connectivity index (χ3v) is 5.22. The molecule has 106 valence electrons. The molecule has 0 amide bonds. The van der Waals surface area contributed by atoms with Crippen LogP contribution in [0.15, 0.2) is 29.2 Å². The second kappa shape index (κ2) is 5.90. The molecule has 0 saturated carbocycles. The van der Waals surface area contributed by atoms with Gasteiger partial charge in [0.2, 0.25) is 10.0 Å². The SMILES string of the molecule is CN(C)S(=O)(=O)c1ccccc1NC1CCNCC1. The number of rotatable bonds is 4. The summed E-state index contributed by atoms with van der Waals surface area (Å²) in [7, 11) is -0.299. The van der Waals surface area contributed by atoms with E-state index in [1.54, 1.807) is 26.2 Å². The van der Waals surface area contributed by atoms with E-state index in [9.17, 15) is 8.42 Å². The summed E-state index contributed by atoms with van der Waals surface area (Å²) in [5, 5.41) is 6.66. The van der Waals surface area contributed by atoms with Crippen molar-refractivity contribution in [3.63, 3.8) is 0 Å². The zero-order valence-electron chi connectivity index (χ0n) is 11.4. The lowest BCUT2D eigenvalue weighted by atomic mass is 10.1. The van der Waals surface area contributed by atoms with Crippen molar-refractivity contribution < 1.29 is 8.42 Å². The van der Waals surface area contributed by atoms with E-state index < -0.39 is 10.0 Å². The quantitative estimate of drug-likeness (QED) is 0.869. The van der Waals surface area contributed by atoms with E-state index in [1.807, 2.05) is 12.1 Å². The van der Waals surface area contributed by atoms with Crippen molar-refractivity contribution in [3.05, 3.63) is 24.3 Å². The Kier molecular flexibility index (Phi) is 4.44. The van der Waals surface area contributed by atoms with Gasteiger partial charge in [-0.25, -0.2) is 12.7 Å². The van der Waals surface area contributed by atoms with Crippen molar-refractivity contribution in [3.8, 4) is 0 Å². The number of nitrogens with one attached hydrogen (secondary N) is 2. The minimum Gasteiger partial charge on any atom is -0.381 e. The first-order valence-corrected chi connectivity index (χ1v) is 7.94. The van der Waals surface area contributed by atoms with Crippen molar-refractivity contribution in [1.82, 2.24) is 9.62 Å². The molecule has 2 N–H and O–H groups in total. The summed E-state index contributed by atoms with van der Waals surface area (Å²) in [6.07, 6.45) is 2.02. The molecule has 1 aromatic rings. The number of sulfonamides is 1. The van der Waals surface area contributed by atoms with E-state index >= 15 is 0 Å². The maximum atomic E-state index is 12.3. The fourth-order valence-corrected chi connectivity index (χ4v) is 3.24. The normalized spacial score (nSPS) is 17.6. The zero-order valence-corrected chi connectivity index (χ0v) is 12.2. The fraction of sp³-hybridized carbons (Fsp3) is 0.538. The number of piperidine rings is 1. The van der Waals surface area contributed by atoms with Crippen molar-refractivity contribution in [2.24, 2.45) is 0 Å². The van der Waals surface area contributed by atoms with Gasteiger partial charge in [0.15, 0.2) is 0 Å². The number of hydrogen-bond donors (Lipinski definition) is 2. The van der Waals surface area contributed by atoms with Crippen molar-refractivity contribution in [2.75, 3.05) is 32.5 Å². The second-order valence-electron chi connectivity index (χ2n) is 4.95. The van der Waals surface area contributed by atoms with Gasteiger partial charge >= 0.3 is 0 Å². The highest BCUT2D eigenvalue weighted by atomic mass is 32.2. The zero-order chi connectivity index (χ0) is 13.9. The Balaban J connectivity index is 2.26. The number of para-hydroxylation sites is 1. The number of benzene rings is 1. The molecule has 1 saturated heterocycles. The van der Waals surface area contributed by atoms with Gasteiger partial charge in [-0.2, -0.15) is 0 Å². The number of nitrogens with zero attached hydrogens (tertiary/aromatic N) is 1. The fourth-order valence-electron chi connectivity index (χ4n) is 2.19. The van der Waals surface area contributed by atoms with E-state index in [1.165, 1.54) is 4.31 Å². The van der Waals surface area contributed by atoms with Crippen LogP contribution in [0.4, 0.5) is 5.69 Å². The van der Waals surface area contributed by atoms with Gasteiger partial charge in [-0.15, -0.1) is 0 Å². The van der Waals surface area contributed by atoms with E-state index in [0.29, 0.717) is 16.6 Å². The van der Waals surface area contributed by atoms with Gasteiger partial charge in [0.1, 0.15) is 4.90 Å². The van der Waals surface area contributed by atoms with Gasteiger partial charge < -0.3 is 10.6 Å². The van der Waals surface area contributed by atoms with Crippen molar-refractivity contribution in [2.45, 2.75) is 23.8 Å². The molecule has 0 atom stereocenters. The minimum atomic E-state index is -3.40. The molecule has 0 bridgehead atoms. The Bertz CT molecular complexity index is 522. The maximum Gasteiger partial charge on any atom is 0.244 e. The van der Waals surface area contributed by atoms with Crippen LogP contribution < -0.4 is 10.6 Å². The highest BCUT2D eigenvalue weighted by Crippen LogP contribution is 2.24. The third-order valence-electron chi connectivity index (χ3n) is 3.34. The van der Waals surface area contributed by atoms with Crippen LogP contribution in [0.2, 0.25) is 0 Å². The molecule has 6 heteroatoms. The monoisotopic (exact) mass is 283 g/mol. The molecule has 0 unspecified atom stereocenters. The number of hydrogen-bond acceptors (Lipinski definition) is 4. The first-order chi connectivity index (χ1) is 9.01. The average Bonchev–Trinajstić information content (AvgIpc) is 2.40. The smallest absolute Gasteiger partial charge is 0.244 e. The van der Waals surface area contributed by atoms with Crippen LogP contribution in [-0.2, 0) is 10.0 Å². The highest BCUT2D eigenvalue weighted by Gasteiger charge is 2.22. The van der Waals surface area contributed by atoms with Crippen LogP contribution in [-0.4, -0.2) is 45.9 Å². The summed E-state index contributed by atoms with van der Waals surface area (Å²) >= 11 is 0. The van der Waals surface area contributed by atoms with E-state index in [-0.39, 0.29) is 0 Å². The molecule has 0 radical (unpaired) electrons. The Morgan fingerprint density at radius 2 is 1.84 bits per heavy atom. The van der Waals surface area contributed by atoms with Crippen molar-refractivity contribution >= 4 is 15.7 Å². The van der Waals surface area contributed by atoms with Crippen LogP contribution in [0.3, 0.4) is 0 Å². The van der Waals surface area contributed by atoms with Gasteiger partial charge in [0, 0.05) is 20.1 Å². The van der Waals surface area contributed by atoms with Gasteiger partial charge in [0.25, 0.3) is 0 Å². The largest absolute Gasteiger partial charge is 0.381 e. The topological polar surface area (TPSA) is 61.4 Å². The molecule has 1 aliphatic rings. The third kappa shape index (κ3) is 3.26. The van der Waals surface area contributed by atoms with Gasteiger partial charge in [-0.1, -0.05) is 12.1 Å². The van der Waals surface area contributed by atoms with E-state index in [4.69, 9.17) is 0 Å². The van der Waals surface area contributed by atoms with Gasteiger partial charge in [-0.05, 0) is 38.1 Å². The van der Waals surface area contributed by atoms with Gasteiger partial charge in [-0.3, -0.25) is 0 Å². The summed E-state index contributed by atoms with van der Waals surface area (Å²) in [5.74, 6) is 0. The molecule has 1 heterocycles. The van der Waals surface area contributed by atoms with Crippen LogP contribution in [0, 0.1) is 0 Å². The summed E-state index contributed by atoms with van der Waals surface area (Å²) < 4.78 is 25.8. The van der Waals surface area contributed by atoms with E-state index in [0.717, 1.165) is 25.9 Å². The Hall–Kier alpha value is -1.11. The minimum absolute atomic E-state index is 0.333. The molecular weight excluding hydrogens is 262 g/mol. The summed E-state index contributed by atoms with van der Waals surface area (Å²) in [5.41, 5.74) is 0.697. The standard InChI is InChI=1S/C13H21N3O2S/c1-16(2)19(17,18)13-6-4-3-5-12(13)15-11-7-9-14-10-8-11/h3-6,11,14-15H,7-10H2,1-2H3. The molecule has 1 aliphatic heterocycles. The summed E-state index contributed by atoms with van der Waals surface area (Å²) in [6, 6.07) is 7.43. The Morgan fingerprint density at radius 3 is 2.47 bits per heavy atom. The van der Waals surface area contributed by atoms with E-state index in [2.05, 4.69) is 10.6 Å². The maximum absolute atomic E-state index is 12.3. The van der Waals surface area contributed by atoms with Gasteiger partial charge in [0.05, 0.1) is 5.69 Å². The lowest BCUT2D eigenvalue weighted by Gasteiger charge is -2.26. The molecular formula is C13H21N3O2S. The first kappa shape index (κ1) is 14.3. The van der Waals surface area contributed by atoms with Crippen LogP contribution in [0.5, 0.6) is 0 Å². The molecule has 0 aliphatic carbocycles. The molecule has 1 fully saturated rings. The lowest BCUT2D eigenvalue weighted by molar-refractivity contribution is 0.478. The molecule has 0 spiro atoms. The predicted molar refractivity (Wildman–Crippen MR) is 76.8 cm³/mol. The average molecular weight is 283 g/mol. The Labute approximate surface area is 115 Å². The first-order valence-electron chi connectivity index (χ1n) is 6.50. The van der Waals surface area contributed by atoms with Crippen molar-refractivity contribution in [1.29, 1.82) is 0 Å². The summed E-state index contributed by atoms with van der Waals surface area (Å²) in [4.78, 5) is 0.346.